The van der Waals surface area contributed by atoms with E-state index in [0.29, 0.717) is 13.1 Å². The number of cyclic esters (lactones) is 1. The van der Waals surface area contributed by atoms with Crippen molar-refractivity contribution in [3.8, 4) is 0 Å². The monoisotopic (exact) mass is 359 g/mol. The van der Waals surface area contributed by atoms with Gasteiger partial charge in [-0.15, -0.1) is 0 Å². The molecule has 0 N–H and O–H groups in total. The predicted octanol–water partition coefficient (Wildman–Crippen LogP) is 4.71. The minimum Gasteiger partial charge on any atom is -0.438 e. The standard InChI is InChI=1S/C18H18BrNO2/c1-18(15-8-3-2-4-9-15)11-12-20(17(21)22-18)13-14-7-5-6-10-16(14)19/h2-10H,11-13H2,1H3/t18-/m1/s1. The lowest BCUT2D eigenvalue weighted by Gasteiger charge is -2.39. The maximum absolute atomic E-state index is 12.4. The summed E-state index contributed by atoms with van der Waals surface area (Å²) in [7, 11) is 0. The molecule has 2 aromatic carbocycles. The van der Waals surface area contributed by atoms with Crippen LogP contribution >= 0.6 is 15.9 Å². The molecule has 0 spiro atoms. The van der Waals surface area contributed by atoms with E-state index in [-0.39, 0.29) is 6.09 Å². The Hall–Kier alpha value is -1.81. The van der Waals surface area contributed by atoms with Crippen LogP contribution in [0.5, 0.6) is 0 Å². The van der Waals surface area contributed by atoms with Crippen molar-refractivity contribution < 1.29 is 9.53 Å². The molecule has 4 heteroatoms. The fourth-order valence-corrected chi connectivity index (χ4v) is 3.13. The maximum atomic E-state index is 12.4. The summed E-state index contributed by atoms with van der Waals surface area (Å²) in [6, 6.07) is 17.9. The number of rotatable bonds is 3. The van der Waals surface area contributed by atoms with Gasteiger partial charge in [-0.3, -0.25) is 0 Å². The van der Waals surface area contributed by atoms with Crippen LogP contribution in [0.1, 0.15) is 24.5 Å². The Morgan fingerprint density at radius 3 is 2.50 bits per heavy atom. The van der Waals surface area contributed by atoms with Gasteiger partial charge in [-0.05, 0) is 24.1 Å². The van der Waals surface area contributed by atoms with E-state index in [1.807, 2.05) is 61.5 Å². The molecular weight excluding hydrogens is 342 g/mol. The van der Waals surface area contributed by atoms with Crippen molar-refractivity contribution in [1.82, 2.24) is 4.90 Å². The lowest BCUT2D eigenvalue weighted by Crippen LogP contribution is -2.46. The first-order valence-electron chi connectivity index (χ1n) is 7.35. The Kier molecular flexibility index (Phi) is 4.21. The molecule has 0 bridgehead atoms. The number of amides is 1. The fraction of sp³-hybridized carbons (Fsp3) is 0.278. The normalized spacial score (nSPS) is 21.5. The third-order valence-electron chi connectivity index (χ3n) is 4.13. The highest BCUT2D eigenvalue weighted by Crippen LogP contribution is 2.34. The SMILES string of the molecule is C[C@]1(c2ccccc2)CCN(Cc2ccccc2Br)C(=O)O1. The minimum atomic E-state index is -0.539. The highest BCUT2D eigenvalue weighted by molar-refractivity contribution is 9.10. The molecule has 0 aliphatic carbocycles. The van der Waals surface area contributed by atoms with Crippen molar-refractivity contribution in [2.75, 3.05) is 6.54 Å². The quantitative estimate of drug-likeness (QED) is 0.794. The van der Waals surface area contributed by atoms with Gasteiger partial charge >= 0.3 is 6.09 Å². The van der Waals surface area contributed by atoms with Gasteiger partial charge in [-0.2, -0.15) is 0 Å². The zero-order valence-electron chi connectivity index (χ0n) is 12.5. The van der Waals surface area contributed by atoms with Crippen molar-refractivity contribution in [3.63, 3.8) is 0 Å². The van der Waals surface area contributed by atoms with Crippen LogP contribution < -0.4 is 0 Å². The van der Waals surface area contributed by atoms with Crippen LogP contribution in [0.25, 0.3) is 0 Å². The van der Waals surface area contributed by atoms with Crippen molar-refractivity contribution in [1.29, 1.82) is 0 Å². The summed E-state index contributed by atoms with van der Waals surface area (Å²) in [6.45, 7) is 3.23. The first kappa shape index (κ1) is 15.1. The molecular formula is C18H18BrNO2. The summed E-state index contributed by atoms with van der Waals surface area (Å²) in [5.74, 6) is 0. The Labute approximate surface area is 139 Å². The van der Waals surface area contributed by atoms with E-state index < -0.39 is 5.60 Å². The average molecular weight is 360 g/mol. The molecule has 3 nitrogen and oxygen atoms in total. The van der Waals surface area contributed by atoms with Gasteiger partial charge in [0.25, 0.3) is 0 Å². The van der Waals surface area contributed by atoms with Gasteiger partial charge in [-0.25, -0.2) is 4.79 Å². The smallest absolute Gasteiger partial charge is 0.410 e. The summed E-state index contributed by atoms with van der Waals surface area (Å²) < 4.78 is 6.77. The molecule has 1 aliphatic rings. The number of nitrogens with zero attached hydrogens (tertiary/aromatic N) is 1. The molecule has 114 valence electrons. The third kappa shape index (κ3) is 3.02. The van der Waals surface area contributed by atoms with Gasteiger partial charge in [0, 0.05) is 17.4 Å². The van der Waals surface area contributed by atoms with Crippen molar-refractivity contribution >= 4 is 22.0 Å². The van der Waals surface area contributed by atoms with Gasteiger partial charge in [0.15, 0.2) is 0 Å². The second-order valence-electron chi connectivity index (χ2n) is 5.73. The third-order valence-corrected chi connectivity index (χ3v) is 4.91. The summed E-state index contributed by atoms with van der Waals surface area (Å²) in [5.41, 5.74) is 1.59. The van der Waals surface area contributed by atoms with Gasteiger partial charge < -0.3 is 9.64 Å². The van der Waals surface area contributed by atoms with Gasteiger partial charge in [0.2, 0.25) is 0 Å². The molecule has 0 radical (unpaired) electrons. The Morgan fingerprint density at radius 2 is 1.82 bits per heavy atom. The average Bonchev–Trinajstić information content (AvgIpc) is 2.53. The summed E-state index contributed by atoms with van der Waals surface area (Å²) in [6.07, 6.45) is 0.529. The number of hydrogen-bond acceptors (Lipinski definition) is 2. The second kappa shape index (κ2) is 6.13. The topological polar surface area (TPSA) is 29.5 Å². The van der Waals surface area contributed by atoms with Gasteiger partial charge in [0.05, 0.1) is 6.54 Å². The van der Waals surface area contributed by atoms with E-state index in [2.05, 4.69) is 15.9 Å². The highest BCUT2D eigenvalue weighted by atomic mass is 79.9. The first-order chi connectivity index (χ1) is 10.6. The largest absolute Gasteiger partial charge is 0.438 e. The van der Waals surface area contributed by atoms with E-state index in [9.17, 15) is 4.79 Å². The van der Waals surface area contributed by atoms with E-state index in [4.69, 9.17) is 4.74 Å². The molecule has 1 saturated heterocycles. The van der Waals surface area contributed by atoms with Crippen molar-refractivity contribution in [3.05, 3.63) is 70.2 Å². The van der Waals surface area contributed by atoms with Crippen molar-refractivity contribution in [2.24, 2.45) is 0 Å². The van der Waals surface area contributed by atoms with E-state index in [1.54, 1.807) is 4.90 Å². The van der Waals surface area contributed by atoms with Crippen LogP contribution in [0.3, 0.4) is 0 Å². The molecule has 1 heterocycles. The lowest BCUT2D eigenvalue weighted by atomic mass is 9.91. The molecule has 1 fully saturated rings. The number of benzene rings is 2. The summed E-state index contributed by atoms with van der Waals surface area (Å²) in [5, 5.41) is 0. The molecule has 1 aliphatic heterocycles. The van der Waals surface area contributed by atoms with Crippen LogP contribution in [-0.2, 0) is 16.9 Å². The molecule has 0 aromatic heterocycles. The zero-order valence-corrected chi connectivity index (χ0v) is 14.0. The van der Waals surface area contributed by atoms with Crippen molar-refractivity contribution in [2.45, 2.75) is 25.5 Å². The first-order valence-corrected chi connectivity index (χ1v) is 8.15. The molecule has 22 heavy (non-hydrogen) atoms. The summed E-state index contributed by atoms with van der Waals surface area (Å²) in [4.78, 5) is 14.1. The predicted molar refractivity (Wildman–Crippen MR) is 89.4 cm³/mol. The second-order valence-corrected chi connectivity index (χ2v) is 6.58. The lowest BCUT2D eigenvalue weighted by molar-refractivity contribution is -0.0427. The Balaban J connectivity index is 1.73. The molecule has 1 amide bonds. The minimum absolute atomic E-state index is 0.256. The summed E-state index contributed by atoms with van der Waals surface area (Å²) >= 11 is 3.52. The molecule has 2 aromatic rings. The zero-order chi connectivity index (χ0) is 15.6. The van der Waals surface area contributed by atoms with E-state index in [1.165, 1.54) is 0 Å². The fourth-order valence-electron chi connectivity index (χ4n) is 2.72. The van der Waals surface area contributed by atoms with Crippen LogP contribution in [-0.4, -0.2) is 17.5 Å². The number of carbonyl (C=O) groups excluding carboxylic acids is 1. The van der Waals surface area contributed by atoms with Crippen LogP contribution in [0.15, 0.2) is 59.1 Å². The Bertz CT molecular complexity index is 674. The molecule has 0 unspecified atom stereocenters. The number of carbonyl (C=O) groups is 1. The number of hydrogen-bond donors (Lipinski definition) is 0. The Morgan fingerprint density at radius 1 is 1.14 bits per heavy atom. The molecule has 3 rings (SSSR count). The van der Waals surface area contributed by atoms with E-state index in [0.717, 1.165) is 22.0 Å². The molecule has 0 saturated carbocycles. The number of ether oxygens (including phenoxy) is 1. The van der Waals surface area contributed by atoms with Gasteiger partial charge in [0.1, 0.15) is 5.60 Å². The maximum Gasteiger partial charge on any atom is 0.410 e. The number of halogens is 1. The highest BCUT2D eigenvalue weighted by Gasteiger charge is 2.38. The van der Waals surface area contributed by atoms with Crippen LogP contribution in [0, 0.1) is 0 Å². The van der Waals surface area contributed by atoms with E-state index >= 15 is 0 Å². The van der Waals surface area contributed by atoms with Crippen LogP contribution in [0.4, 0.5) is 4.79 Å². The van der Waals surface area contributed by atoms with Gasteiger partial charge in [-0.1, -0.05) is 64.5 Å². The molecule has 1 atom stereocenters. The van der Waals surface area contributed by atoms with Crippen LogP contribution in [0.2, 0.25) is 0 Å².